The monoisotopic (exact) mass is 234 g/mol. The summed E-state index contributed by atoms with van der Waals surface area (Å²) in [6, 6.07) is 9.82. The molecule has 0 unspecified atom stereocenters. The Labute approximate surface area is 102 Å². The van der Waals surface area contributed by atoms with Gasteiger partial charge in [-0.2, -0.15) is 5.10 Å². The number of hydrogen-bond acceptors (Lipinski definition) is 3. The van der Waals surface area contributed by atoms with Gasteiger partial charge in [-0.3, -0.25) is 0 Å². The Kier molecular flexibility index (Phi) is 5.79. The number of amides is 1. The molecule has 0 aliphatic carbocycles. The van der Waals surface area contributed by atoms with Crippen LogP contribution in [-0.2, 0) is 4.74 Å². The molecular weight excluding hydrogens is 216 g/mol. The zero-order chi connectivity index (χ0) is 12.5. The van der Waals surface area contributed by atoms with Gasteiger partial charge in [0, 0.05) is 0 Å². The van der Waals surface area contributed by atoms with Crippen molar-refractivity contribution < 1.29 is 9.53 Å². The maximum Gasteiger partial charge on any atom is 0.427 e. The average molecular weight is 234 g/mol. The second-order valence-corrected chi connectivity index (χ2v) is 3.63. The van der Waals surface area contributed by atoms with Crippen molar-refractivity contribution in [1.29, 1.82) is 0 Å². The number of rotatable bonds is 5. The van der Waals surface area contributed by atoms with E-state index in [9.17, 15) is 4.79 Å². The van der Waals surface area contributed by atoms with Crippen molar-refractivity contribution in [2.75, 3.05) is 7.11 Å². The summed E-state index contributed by atoms with van der Waals surface area (Å²) in [6.07, 6.45) is 2.42. The standard InChI is InChI=1S/C13H18N2O2/c1-3-4-10-12(14-15-13(16)17-2)11-8-6-5-7-9-11/h5-9H,3-4,10H2,1-2H3,(H,15,16). The Hall–Kier alpha value is -1.84. The third-order valence-corrected chi connectivity index (χ3v) is 2.34. The number of ether oxygens (including phenoxy) is 1. The normalized spacial score (nSPS) is 11.1. The molecule has 1 rings (SSSR count). The number of nitrogens with one attached hydrogen (secondary N) is 1. The third-order valence-electron chi connectivity index (χ3n) is 2.34. The molecule has 92 valence electrons. The quantitative estimate of drug-likeness (QED) is 0.629. The van der Waals surface area contributed by atoms with Gasteiger partial charge in [0.15, 0.2) is 0 Å². The van der Waals surface area contributed by atoms with Crippen molar-refractivity contribution in [2.24, 2.45) is 5.10 Å². The zero-order valence-electron chi connectivity index (χ0n) is 10.3. The van der Waals surface area contributed by atoms with Crippen LogP contribution in [0, 0.1) is 0 Å². The van der Waals surface area contributed by atoms with Gasteiger partial charge in [0.2, 0.25) is 0 Å². The van der Waals surface area contributed by atoms with Gasteiger partial charge in [-0.15, -0.1) is 0 Å². The molecule has 0 aliphatic rings. The topological polar surface area (TPSA) is 50.7 Å². The zero-order valence-corrected chi connectivity index (χ0v) is 10.3. The van der Waals surface area contributed by atoms with Crippen LogP contribution in [0.25, 0.3) is 0 Å². The molecule has 0 saturated heterocycles. The van der Waals surface area contributed by atoms with Gasteiger partial charge < -0.3 is 4.74 Å². The SMILES string of the molecule is CCCCC(=NNC(=O)OC)c1ccccc1. The molecule has 0 saturated carbocycles. The van der Waals surface area contributed by atoms with Crippen LogP contribution in [0.3, 0.4) is 0 Å². The fourth-order valence-corrected chi connectivity index (χ4v) is 1.40. The van der Waals surface area contributed by atoms with Gasteiger partial charge in [0.25, 0.3) is 0 Å². The molecule has 0 heterocycles. The highest BCUT2D eigenvalue weighted by Gasteiger charge is 2.04. The van der Waals surface area contributed by atoms with Crippen LogP contribution in [-0.4, -0.2) is 18.9 Å². The van der Waals surface area contributed by atoms with E-state index in [0.717, 1.165) is 30.5 Å². The van der Waals surface area contributed by atoms with Crippen LogP contribution in [0.15, 0.2) is 35.4 Å². The van der Waals surface area contributed by atoms with Crippen LogP contribution < -0.4 is 5.43 Å². The molecule has 0 atom stereocenters. The lowest BCUT2D eigenvalue weighted by molar-refractivity contribution is 0.171. The Balaban J connectivity index is 2.76. The Morgan fingerprint density at radius 2 is 2.06 bits per heavy atom. The summed E-state index contributed by atoms with van der Waals surface area (Å²) in [5, 5.41) is 4.09. The summed E-state index contributed by atoms with van der Waals surface area (Å²) in [4.78, 5) is 11.0. The number of carbonyl (C=O) groups excluding carboxylic acids is 1. The molecule has 1 amide bonds. The molecule has 0 spiro atoms. The maximum atomic E-state index is 11.0. The first kappa shape index (κ1) is 13.2. The number of benzene rings is 1. The van der Waals surface area contributed by atoms with E-state index in [2.05, 4.69) is 22.2 Å². The highest BCUT2D eigenvalue weighted by Crippen LogP contribution is 2.07. The third kappa shape index (κ3) is 4.68. The van der Waals surface area contributed by atoms with Crippen molar-refractivity contribution in [1.82, 2.24) is 5.43 Å². The molecule has 0 aromatic heterocycles. The van der Waals surface area contributed by atoms with Crippen molar-refractivity contribution >= 4 is 11.8 Å². The molecule has 1 N–H and O–H groups in total. The van der Waals surface area contributed by atoms with Crippen LogP contribution in [0.5, 0.6) is 0 Å². The summed E-state index contributed by atoms with van der Waals surface area (Å²) >= 11 is 0. The number of hydrogen-bond donors (Lipinski definition) is 1. The predicted molar refractivity (Wildman–Crippen MR) is 68.0 cm³/mol. The minimum absolute atomic E-state index is 0.546. The smallest absolute Gasteiger partial charge is 0.427 e. The van der Waals surface area contributed by atoms with E-state index in [1.807, 2.05) is 30.3 Å². The fourth-order valence-electron chi connectivity index (χ4n) is 1.40. The van der Waals surface area contributed by atoms with E-state index in [1.165, 1.54) is 7.11 Å². The molecule has 1 aromatic rings. The second kappa shape index (κ2) is 7.44. The van der Waals surface area contributed by atoms with Gasteiger partial charge >= 0.3 is 6.09 Å². The largest absolute Gasteiger partial charge is 0.452 e. The molecule has 0 bridgehead atoms. The molecule has 17 heavy (non-hydrogen) atoms. The van der Waals surface area contributed by atoms with Crippen molar-refractivity contribution in [3.63, 3.8) is 0 Å². The van der Waals surface area contributed by atoms with E-state index in [4.69, 9.17) is 0 Å². The highest BCUT2D eigenvalue weighted by molar-refractivity contribution is 6.00. The highest BCUT2D eigenvalue weighted by atomic mass is 16.5. The lowest BCUT2D eigenvalue weighted by Gasteiger charge is -2.06. The van der Waals surface area contributed by atoms with E-state index in [1.54, 1.807) is 0 Å². The molecule has 0 aliphatic heterocycles. The minimum atomic E-state index is -0.546. The van der Waals surface area contributed by atoms with Crippen molar-refractivity contribution in [3.05, 3.63) is 35.9 Å². The van der Waals surface area contributed by atoms with Crippen LogP contribution in [0.4, 0.5) is 4.79 Å². The number of methoxy groups -OCH3 is 1. The van der Waals surface area contributed by atoms with Crippen LogP contribution in [0.1, 0.15) is 31.7 Å². The molecular formula is C13H18N2O2. The van der Waals surface area contributed by atoms with E-state index < -0.39 is 6.09 Å². The van der Waals surface area contributed by atoms with Crippen molar-refractivity contribution in [3.8, 4) is 0 Å². The Bertz CT molecular complexity index is 374. The summed E-state index contributed by atoms with van der Waals surface area (Å²) in [5.74, 6) is 0. The van der Waals surface area contributed by atoms with E-state index >= 15 is 0 Å². The minimum Gasteiger partial charge on any atom is -0.452 e. The molecule has 0 radical (unpaired) electrons. The average Bonchev–Trinajstić information content (AvgIpc) is 2.39. The Morgan fingerprint density at radius 1 is 1.35 bits per heavy atom. The maximum absolute atomic E-state index is 11.0. The number of nitrogens with zero attached hydrogens (tertiary/aromatic N) is 1. The summed E-state index contributed by atoms with van der Waals surface area (Å²) < 4.78 is 4.48. The van der Waals surface area contributed by atoms with Gasteiger partial charge in [-0.1, -0.05) is 43.7 Å². The molecule has 1 aromatic carbocycles. The van der Waals surface area contributed by atoms with Gasteiger partial charge in [0.05, 0.1) is 12.8 Å². The first-order chi connectivity index (χ1) is 8.27. The number of carbonyl (C=O) groups is 1. The van der Waals surface area contributed by atoms with Crippen LogP contribution in [0.2, 0.25) is 0 Å². The fraction of sp³-hybridized carbons (Fsp3) is 0.385. The summed E-state index contributed by atoms with van der Waals surface area (Å²) in [5.41, 5.74) is 4.26. The lowest BCUT2D eigenvalue weighted by Crippen LogP contribution is -2.19. The molecule has 0 fully saturated rings. The van der Waals surface area contributed by atoms with E-state index in [0.29, 0.717) is 0 Å². The molecule has 4 nitrogen and oxygen atoms in total. The van der Waals surface area contributed by atoms with E-state index in [-0.39, 0.29) is 0 Å². The van der Waals surface area contributed by atoms with Gasteiger partial charge in [-0.25, -0.2) is 10.2 Å². The van der Waals surface area contributed by atoms with Gasteiger partial charge in [0.1, 0.15) is 0 Å². The lowest BCUT2D eigenvalue weighted by atomic mass is 10.1. The number of hydrazone groups is 1. The predicted octanol–water partition coefficient (Wildman–Crippen LogP) is 2.94. The van der Waals surface area contributed by atoms with Crippen LogP contribution >= 0.6 is 0 Å². The Morgan fingerprint density at radius 3 is 2.65 bits per heavy atom. The molecule has 4 heteroatoms. The summed E-state index contributed by atoms with van der Waals surface area (Å²) in [7, 11) is 1.32. The first-order valence-corrected chi connectivity index (χ1v) is 5.74. The number of unbranched alkanes of at least 4 members (excludes halogenated alkanes) is 1. The van der Waals surface area contributed by atoms with Gasteiger partial charge in [-0.05, 0) is 18.4 Å². The van der Waals surface area contributed by atoms with Crippen molar-refractivity contribution in [2.45, 2.75) is 26.2 Å². The summed E-state index contributed by atoms with van der Waals surface area (Å²) in [6.45, 7) is 2.12. The first-order valence-electron chi connectivity index (χ1n) is 5.74. The second-order valence-electron chi connectivity index (χ2n) is 3.63.